The van der Waals surface area contributed by atoms with Gasteiger partial charge in [0.1, 0.15) is 0 Å². The van der Waals surface area contributed by atoms with E-state index in [-0.39, 0.29) is 23.4 Å². The van der Waals surface area contributed by atoms with Gasteiger partial charge >= 0.3 is 0 Å². The molecule has 6 rings (SSSR count). The zero-order chi connectivity index (χ0) is 37.7. The monoisotopic (exact) mass is 751 g/mol. The van der Waals surface area contributed by atoms with Crippen LogP contribution in [0.2, 0.25) is 5.04 Å². The molecule has 0 spiro atoms. The molecule has 1 saturated carbocycles. The van der Waals surface area contributed by atoms with Gasteiger partial charge < -0.3 is 9.16 Å². The minimum atomic E-state index is -3.80. The van der Waals surface area contributed by atoms with Crippen molar-refractivity contribution >= 4 is 45.3 Å². The Labute approximate surface area is 314 Å². The van der Waals surface area contributed by atoms with E-state index < -0.39 is 35.1 Å². The number of amides is 1. The number of benzene rings is 3. The van der Waals surface area contributed by atoms with Gasteiger partial charge in [0.15, 0.2) is 20.9 Å². The maximum absolute atomic E-state index is 13.1. The van der Waals surface area contributed by atoms with E-state index in [0.29, 0.717) is 19.6 Å². The standard InChI is InChI=1S/C42H49N3O6SSi/c1-40(2,3)53(35-17-8-6-9-18-35,36-19-10-7-11-20-36)50-32-42(25-26-42)24-14-12-16-33-22-23-37-34(30-33)31-43-45(37)28-27-41(4,52(5,47)48)39(46)44-51-38-21-13-15-29-49-38/h6-11,17-20,22-23,30-31,38H,13,15,21,25-29,32H2,1-5H3,(H,44,46)/t38?,41-/m1/s1. The van der Waals surface area contributed by atoms with Crippen LogP contribution in [0.25, 0.3) is 10.9 Å². The highest BCUT2D eigenvalue weighted by Gasteiger charge is 2.53. The highest BCUT2D eigenvalue weighted by molar-refractivity contribution is 7.92. The summed E-state index contributed by atoms with van der Waals surface area (Å²) < 4.78 is 38.3. The fourth-order valence-electron chi connectivity index (χ4n) is 6.89. The number of ether oxygens (including phenoxy) is 1. The Hall–Kier alpha value is -4.23. The summed E-state index contributed by atoms with van der Waals surface area (Å²) in [5, 5.41) is 7.75. The van der Waals surface area contributed by atoms with Crippen LogP contribution in [0.4, 0.5) is 0 Å². The third kappa shape index (κ3) is 8.46. The molecule has 11 heteroatoms. The van der Waals surface area contributed by atoms with Gasteiger partial charge in [0.25, 0.3) is 14.2 Å². The van der Waals surface area contributed by atoms with Crippen molar-refractivity contribution in [2.75, 3.05) is 19.5 Å². The fraction of sp³-hybridized carbons (Fsp3) is 0.429. The number of fused-ring (bicyclic) bond motifs is 1. The maximum Gasteiger partial charge on any atom is 0.264 e. The summed E-state index contributed by atoms with van der Waals surface area (Å²) in [6.45, 7) is 9.57. The van der Waals surface area contributed by atoms with Gasteiger partial charge in [0.05, 0.1) is 23.7 Å². The van der Waals surface area contributed by atoms with Crippen LogP contribution in [0, 0.1) is 29.1 Å². The average molecular weight is 752 g/mol. The largest absolute Gasteiger partial charge is 0.406 e. The zero-order valence-corrected chi connectivity index (χ0v) is 33.1. The van der Waals surface area contributed by atoms with Gasteiger partial charge in [-0.25, -0.2) is 18.7 Å². The molecule has 1 aromatic heterocycles. The number of carbonyl (C=O) groups is 1. The minimum Gasteiger partial charge on any atom is -0.406 e. The normalized spacial score (nSPS) is 18.2. The molecule has 9 nitrogen and oxygen atoms in total. The first-order chi connectivity index (χ1) is 25.3. The van der Waals surface area contributed by atoms with E-state index in [9.17, 15) is 13.2 Å². The predicted octanol–water partition coefficient (Wildman–Crippen LogP) is 5.52. The molecule has 1 aliphatic heterocycles. The topological polar surface area (TPSA) is 109 Å². The van der Waals surface area contributed by atoms with Crippen molar-refractivity contribution in [1.82, 2.24) is 15.3 Å². The predicted molar refractivity (Wildman–Crippen MR) is 210 cm³/mol. The lowest BCUT2D eigenvalue weighted by Gasteiger charge is -2.43. The van der Waals surface area contributed by atoms with E-state index in [4.69, 9.17) is 14.0 Å². The first-order valence-electron chi connectivity index (χ1n) is 18.3. The number of nitrogens with one attached hydrogen (secondary N) is 1. The molecule has 4 aromatic rings. The van der Waals surface area contributed by atoms with Crippen LogP contribution >= 0.6 is 0 Å². The van der Waals surface area contributed by atoms with E-state index in [1.165, 1.54) is 17.3 Å². The first kappa shape index (κ1) is 38.5. The van der Waals surface area contributed by atoms with Gasteiger partial charge in [-0.2, -0.15) is 5.10 Å². The number of aromatic nitrogens is 2. The number of aryl methyl sites for hydroxylation is 1. The zero-order valence-electron chi connectivity index (χ0n) is 31.3. The fourth-order valence-corrected chi connectivity index (χ4v) is 12.4. The van der Waals surface area contributed by atoms with Crippen LogP contribution < -0.4 is 15.9 Å². The van der Waals surface area contributed by atoms with Crippen molar-refractivity contribution in [3.8, 4) is 23.7 Å². The average Bonchev–Trinajstić information content (AvgIpc) is 3.81. The lowest BCUT2D eigenvalue weighted by atomic mass is 10.1. The summed E-state index contributed by atoms with van der Waals surface area (Å²) in [5.41, 5.74) is 3.73. The van der Waals surface area contributed by atoms with Crippen LogP contribution in [0.15, 0.2) is 85.1 Å². The van der Waals surface area contributed by atoms with Gasteiger partial charge in [-0.1, -0.05) is 93.3 Å². The molecule has 2 heterocycles. The number of hydrogen-bond acceptors (Lipinski definition) is 7. The van der Waals surface area contributed by atoms with Crippen molar-refractivity contribution in [2.24, 2.45) is 5.41 Å². The van der Waals surface area contributed by atoms with Crippen molar-refractivity contribution in [3.05, 3.63) is 90.6 Å². The first-order valence-corrected chi connectivity index (χ1v) is 22.1. The van der Waals surface area contributed by atoms with Crippen LogP contribution in [0.1, 0.15) is 71.8 Å². The molecule has 278 valence electrons. The molecule has 53 heavy (non-hydrogen) atoms. The SMILES string of the molecule is CC(C)(C)[Si](OCC1(C#CC#Cc2ccc3c(cnn3CC[C@](C)(C(=O)NOC3CCCCO3)S(C)(=O)=O)c2)CC1)(c1ccccc1)c1ccccc1. The highest BCUT2D eigenvalue weighted by Crippen LogP contribution is 2.47. The summed E-state index contributed by atoms with van der Waals surface area (Å²) in [7, 11) is -6.46. The lowest BCUT2D eigenvalue weighted by Crippen LogP contribution is -2.67. The van der Waals surface area contributed by atoms with Crippen molar-refractivity contribution in [2.45, 2.75) is 88.8 Å². The molecular formula is C42H49N3O6SSi. The number of carbonyl (C=O) groups excluding carboxylic acids is 1. The molecule has 1 N–H and O–H groups in total. The number of nitrogens with zero attached hydrogens (tertiary/aromatic N) is 2. The molecule has 2 fully saturated rings. The van der Waals surface area contributed by atoms with Gasteiger partial charge in [-0.05, 0) is 84.5 Å². The van der Waals surface area contributed by atoms with Gasteiger partial charge in [-0.3, -0.25) is 9.48 Å². The summed E-state index contributed by atoms with van der Waals surface area (Å²) in [4.78, 5) is 18.5. The van der Waals surface area contributed by atoms with Gasteiger partial charge in [-0.15, -0.1) is 0 Å². The van der Waals surface area contributed by atoms with Gasteiger partial charge in [0, 0.05) is 36.8 Å². The molecule has 1 aliphatic carbocycles. The Morgan fingerprint density at radius 2 is 1.68 bits per heavy atom. The molecular weight excluding hydrogens is 703 g/mol. The van der Waals surface area contributed by atoms with E-state index in [1.807, 2.05) is 18.2 Å². The lowest BCUT2D eigenvalue weighted by molar-refractivity contribution is -0.201. The van der Waals surface area contributed by atoms with Crippen LogP contribution in [-0.4, -0.2) is 62.9 Å². The second-order valence-corrected chi connectivity index (χ2v) is 22.2. The molecule has 0 bridgehead atoms. The van der Waals surface area contributed by atoms with E-state index in [0.717, 1.165) is 48.4 Å². The molecule has 1 saturated heterocycles. The van der Waals surface area contributed by atoms with Gasteiger partial charge in [0.2, 0.25) is 0 Å². The Morgan fingerprint density at radius 1 is 1.00 bits per heavy atom. The van der Waals surface area contributed by atoms with Crippen LogP contribution in [-0.2, 0) is 35.2 Å². The molecule has 1 unspecified atom stereocenters. The molecule has 2 aliphatic rings. The Kier molecular flexibility index (Phi) is 11.3. The summed E-state index contributed by atoms with van der Waals surface area (Å²) >= 11 is 0. The van der Waals surface area contributed by atoms with Crippen LogP contribution in [0.3, 0.4) is 0 Å². The number of sulfone groups is 1. The minimum absolute atomic E-state index is 0.00198. The molecule has 2 atom stereocenters. The second-order valence-electron chi connectivity index (χ2n) is 15.5. The second kappa shape index (κ2) is 15.6. The Balaban J connectivity index is 1.13. The van der Waals surface area contributed by atoms with Crippen LogP contribution in [0.5, 0.6) is 0 Å². The number of hydroxylamine groups is 1. The van der Waals surface area contributed by atoms with Crippen molar-refractivity contribution in [3.63, 3.8) is 0 Å². The quantitative estimate of drug-likeness (QED) is 0.116. The maximum atomic E-state index is 13.1. The van der Waals surface area contributed by atoms with E-state index >= 15 is 0 Å². The highest BCUT2D eigenvalue weighted by atomic mass is 32.2. The number of rotatable bonds is 12. The number of hydrogen-bond donors (Lipinski definition) is 1. The third-order valence-corrected chi connectivity index (χ3v) is 17.6. The summed E-state index contributed by atoms with van der Waals surface area (Å²) in [6, 6.07) is 27.1. The Bertz CT molecular complexity index is 2110. The molecule has 3 aromatic carbocycles. The van der Waals surface area contributed by atoms with E-state index in [2.05, 4.69) is 116 Å². The smallest absolute Gasteiger partial charge is 0.264 e. The van der Waals surface area contributed by atoms with Crippen molar-refractivity contribution in [1.29, 1.82) is 0 Å². The third-order valence-electron chi connectivity index (χ3n) is 10.6. The van der Waals surface area contributed by atoms with Crippen molar-refractivity contribution < 1.29 is 27.2 Å². The summed E-state index contributed by atoms with van der Waals surface area (Å²) in [5.74, 6) is 12.1. The summed E-state index contributed by atoms with van der Waals surface area (Å²) in [6.07, 6.45) is 6.63. The van der Waals surface area contributed by atoms with E-state index in [1.54, 1.807) is 10.9 Å². The molecule has 0 radical (unpaired) electrons. The molecule has 1 amide bonds. The Morgan fingerprint density at radius 3 is 2.26 bits per heavy atom.